The van der Waals surface area contributed by atoms with Crippen molar-refractivity contribution in [2.75, 3.05) is 4.90 Å². The van der Waals surface area contributed by atoms with Gasteiger partial charge in [-0.1, -0.05) is 36.4 Å². The first-order valence-corrected chi connectivity index (χ1v) is 6.77. The van der Waals surface area contributed by atoms with Crippen LogP contribution in [0.15, 0.2) is 60.7 Å². The molecule has 0 aromatic heterocycles. The maximum absolute atomic E-state index is 13.0. The molecule has 4 rings (SSSR count). The molecule has 0 amide bonds. The smallest absolute Gasteiger partial charge is 0 e. The van der Waals surface area contributed by atoms with Crippen LogP contribution in [0.5, 0.6) is 0 Å². The second kappa shape index (κ2) is 11.2. The van der Waals surface area contributed by atoms with E-state index in [2.05, 4.69) is 61.3 Å². The molecule has 126 valence electrons. The summed E-state index contributed by atoms with van der Waals surface area (Å²) in [6.45, 7) is 13.5. The second-order valence-electron chi connectivity index (χ2n) is 4.79. The van der Waals surface area contributed by atoms with Crippen LogP contribution in [0, 0.1) is 25.8 Å². The van der Waals surface area contributed by atoms with Gasteiger partial charge in [-0.15, -0.1) is 0 Å². The first-order valence-electron chi connectivity index (χ1n) is 6.77. The van der Waals surface area contributed by atoms with Crippen LogP contribution in [0.4, 0.5) is 10.1 Å². The van der Waals surface area contributed by atoms with Gasteiger partial charge in [0.15, 0.2) is 0 Å². The van der Waals surface area contributed by atoms with Crippen LogP contribution < -0.4 is 4.90 Å². The molecule has 2 aliphatic heterocycles. The fraction of sp³-hybridized carbons (Fsp3) is 0.105. The van der Waals surface area contributed by atoms with E-state index in [9.17, 15) is 4.39 Å². The molecule has 2 heterocycles. The van der Waals surface area contributed by atoms with Crippen molar-refractivity contribution in [2.45, 2.75) is 12.1 Å². The summed E-state index contributed by atoms with van der Waals surface area (Å²) in [5, 5.41) is 0. The van der Waals surface area contributed by atoms with Crippen LogP contribution in [0.3, 0.4) is 0 Å². The van der Waals surface area contributed by atoms with Gasteiger partial charge in [-0.3, -0.25) is 0 Å². The normalized spacial score (nSPS) is 17.2. The number of hydrogen-bond donors (Lipinski definition) is 0. The molecule has 6 heteroatoms. The fourth-order valence-corrected chi connectivity index (χ4v) is 3.06. The van der Waals surface area contributed by atoms with Gasteiger partial charge >= 0.3 is 33.9 Å². The van der Waals surface area contributed by atoms with Gasteiger partial charge < -0.3 is 4.90 Å². The van der Waals surface area contributed by atoms with Crippen molar-refractivity contribution < 1.29 is 35.4 Å². The van der Waals surface area contributed by atoms with Crippen molar-refractivity contribution in [2.24, 2.45) is 0 Å². The first kappa shape index (κ1) is 22.6. The van der Waals surface area contributed by atoms with Gasteiger partial charge in [0, 0.05) is 22.8 Å². The molecular formula is C19H12FFeNO3. The van der Waals surface area contributed by atoms with Gasteiger partial charge in [0.1, 0.15) is 5.82 Å². The van der Waals surface area contributed by atoms with Crippen LogP contribution in [0.25, 0.3) is 0 Å². The molecule has 0 aliphatic carbocycles. The molecular weight excluding hydrogens is 365 g/mol. The standard InChI is InChI=1S/C16H12FN.3CO.Fe/c17-11-5-7-12(8-6-11)18-15-9-10-16(18)14-4-2-1-3-13(14)15;3*1-2;/h1-10,15-16H;;;;/t15-,16+;;;;. The average Bonchev–Trinajstić information content (AvgIpc) is 3.25. The van der Waals surface area contributed by atoms with Crippen molar-refractivity contribution in [3.05, 3.63) is 97.6 Å². The minimum Gasteiger partial charge on any atom is 0 e. The molecule has 0 spiro atoms. The van der Waals surface area contributed by atoms with Crippen LogP contribution in [0.2, 0.25) is 0 Å². The van der Waals surface area contributed by atoms with Crippen molar-refractivity contribution in [3.63, 3.8) is 0 Å². The number of fused-ring (bicyclic) bond motifs is 5. The quantitative estimate of drug-likeness (QED) is 0.322. The molecule has 0 N–H and O–H groups in total. The first-order chi connectivity index (χ1) is 11.8. The van der Waals surface area contributed by atoms with Crippen molar-refractivity contribution in [1.82, 2.24) is 0 Å². The third-order valence-electron chi connectivity index (χ3n) is 3.83. The van der Waals surface area contributed by atoms with E-state index in [-0.39, 0.29) is 22.9 Å². The Balaban J connectivity index is 0.000000751. The maximum Gasteiger partial charge on any atom is 0 e. The van der Waals surface area contributed by atoms with E-state index in [1.165, 1.54) is 23.3 Å². The monoisotopic (exact) mass is 377 g/mol. The van der Waals surface area contributed by atoms with E-state index in [1.807, 2.05) is 12.1 Å². The Labute approximate surface area is 156 Å². The third-order valence-corrected chi connectivity index (χ3v) is 3.83. The van der Waals surface area contributed by atoms with E-state index in [4.69, 9.17) is 14.0 Å². The van der Waals surface area contributed by atoms with E-state index in [0.717, 1.165) is 5.69 Å². The zero-order chi connectivity index (χ0) is 18.1. The van der Waals surface area contributed by atoms with Gasteiger partial charge in [-0.25, -0.2) is 4.39 Å². The number of hydrogen-bond acceptors (Lipinski definition) is 1. The number of benzene rings is 2. The van der Waals surface area contributed by atoms with E-state index >= 15 is 0 Å². The Morgan fingerprint density at radius 1 is 0.720 bits per heavy atom. The van der Waals surface area contributed by atoms with Gasteiger partial charge in [-0.05, 0) is 35.4 Å². The summed E-state index contributed by atoms with van der Waals surface area (Å²) in [7, 11) is 0. The molecule has 0 saturated heterocycles. The minimum atomic E-state index is -0.184. The number of halogens is 1. The summed E-state index contributed by atoms with van der Waals surface area (Å²) in [4.78, 5) is 2.34. The zero-order valence-corrected chi connectivity index (χ0v) is 13.9. The summed E-state index contributed by atoms with van der Waals surface area (Å²) in [6.07, 6.45) is 4.46. The SMILES string of the molecule is Fc1ccc(N2[C@@H]3C=C[C@H]2c2ccccc23)cc1.[C-]#[O+].[C-]#[O+].[C-]#[O+].[Fe]. The van der Waals surface area contributed by atoms with Gasteiger partial charge in [0.2, 0.25) is 0 Å². The molecule has 0 unspecified atom stereocenters. The minimum absolute atomic E-state index is 0. The topological polar surface area (TPSA) is 62.9 Å². The Morgan fingerprint density at radius 3 is 1.52 bits per heavy atom. The van der Waals surface area contributed by atoms with Gasteiger partial charge in [0.25, 0.3) is 0 Å². The molecule has 4 nitrogen and oxygen atoms in total. The van der Waals surface area contributed by atoms with E-state index in [0.29, 0.717) is 12.1 Å². The third kappa shape index (κ3) is 4.39. The van der Waals surface area contributed by atoms with Crippen LogP contribution in [-0.2, 0) is 31.0 Å². The fourth-order valence-electron chi connectivity index (χ4n) is 3.06. The number of nitrogens with zero attached hydrogens (tertiary/aromatic N) is 1. The molecule has 0 saturated carbocycles. The predicted octanol–water partition coefficient (Wildman–Crippen LogP) is 3.88. The Hall–Kier alpha value is -2.35. The zero-order valence-electron chi connectivity index (χ0n) is 12.8. The molecule has 2 aromatic carbocycles. The molecule has 25 heavy (non-hydrogen) atoms. The summed E-state index contributed by atoms with van der Waals surface area (Å²) < 4.78 is 35.5. The summed E-state index contributed by atoms with van der Waals surface area (Å²) >= 11 is 0. The van der Waals surface area contributed by atoms with Crippen molar-refractivity contribution >= 4 is 5.69 Å². The molecule has 2 bridgehead atoms. The summed E-state index contributed by atoms with van der Waals surface area (Å²) in [5.74, 6) is -0.184. The van der Waals surface area contributed by atoms with E-state index < -0.39 is 0 Å². The number of anilines is 1. The van der Waals surface area contributed by atoms with E-state index in [1.54, 1.807) is 0 Å². The molecule has 2 atom stereocenters. The molecule has 0 fully saturated rings. The predicted molar refractivity (Wildman–Crippen MR) is 81.7 cm³/mol. The summed E-state index contributed by atoms with van der Waals surface area (Å²) in [6, 6.07) is 15.9. The maximum atomic E-state index is 13.0. The molecule has 2 aliphatic rings. The van der Waals surface area contributed by atoms with Gasteiger partial charge in [0.05, 0.1) is 12.1 Å². The molecule has 2 aromatic rings. The number of rotatable bonds is 1. The average molecular weight is 377 g/mol. The van der Waals surface area contributed by atoms with Gasteiger partial charge in [-0.2, -0.15) is 0 Å². The van der Waals surface area contributed by atoms with Crippen molar-refractivity contribution in [1.29, 1.82) is 0 Å². The summed E-state index contributed by atoms with van der Waals surface area (Å²) in [5.41, 5.74) is 3.82. The largest absolute Gasteiger partial charge is 0 e. The Bertz CT molecular complexity index is 721. The Kier molecular flexibility index (Phi) is 10.2. The Morgan fingerprint density at radius 2 is 1.12 bits per heavy atom. The van der Waals surface area contributed by atoms with Crippen LogP contribution in [-0.4, -0.2) is 0 Å². The van der Waals surface area contributed by atoms with Crippen LogP contribution in [0.1, 0.15) is 23.2 Å². The second-order valence-corrected chi connectivity index (χ2v) is 4.79. The van der Waals surface area contributed by atoms with Crippen molar-refractivity contribution in [3.8, 4) is 0 Å². The molecule has 0 radical (unpaired) electrons. The van der Waals surface area contributed by atoms with Crippen LogP contribution >= 0.6 is 0 Å².